The molecule has 2 aromatic carbocycles. The van der Waals surface area contributed by atoms with Crippen LogP contribution in [-0.2, 0) is 14.3 Å². The van der Waals surface area contributed by atoms with Crippen LogP contribution in [0.5, 0.6) is 5.75 Å². The van der Waals surface area contributed by atoms with Crippen LogP contribution < -0.4 is 4.74 Å². The second kappa shape index (κ2) is 8.46. The predicted molar refractivity (Wildman–Crippen MR) is 105 cm³/mol. The van der Waals surface area contributed by atoms with E-state index in [1.807, 2.05) is 0 Å². The quantitative estimate of drug-likeness (QED) is 0.456. The monoisotopic (exact) mass is 401 g/mol. The van der Waals surface area contributed by atoms with Gasteiger partial charge in [-0.1, -0.05) is 23.7 Å². The molecule has 6 nitrogen and oxygen atoms in total. The average molecular weight is 402 g/mol. The summed E-state index contributed by atoms with van der Waals surface area (Å²) in [4.78, 5) is 26.9. The third-order valence-corrected chi connectivity index (χ3v) is 4.86. The van der Waals surface area contributed by atoms with Gasteiger partial charge in [-0.3, -0.25) is 9.59 Å². The number of likely N-dealkylation sites (tertiary alicyclic amines) is 1. The first-order chi connectivity index (χ1) is 13.5. The lowest BCUT2D eigenvalue weighted by Gasteiger charge is -2.25. The van der Waals surface area contributed by atoms with Gasteiger partial charge in [-0.25, -0.2) is 0 Å². The number of Topliss-reactive ketones (excluding diaryl/α,β-unsaturated/α-hetero) is 1. The van der Waals surface area contributed by atoms with E-state index in [9.17, 15) is 14.7 Å². The number of nitrogens with zero attached hydrogens (tertiary/aromatic N) is 1. The fourth-order valence-corrected chi connectivity index (χ4v) is 3.35. The number of methoxy groups -OCH3 is 2. The van der Waals surface area contributed by atoms with Gasteiger partial charge in [-0.15, -0.1) is 0 Å². The van der Waals surface area contributed by atoms with Crippen molar-refractivity contribution in [2.24, 2.45) is 0 Å². The van der Waals surface area contributed by atoms with Crippen molar-refractivity contribution in [3.63, 3.8) is 0 Å². The third kappa shape index (κ3) is 3.74. The van der Waals surface area contributed by atoms with Crippen LogP contribution in [0.25, 0.3) is 5.76 Å². The fourth-order valence-electron chi connectivity index (χ4n) is 3.22. The highest BCUT2D eigenvalue weighted by atomic mass is 35.5. The molecule has 0 bridgehead atoms. The molecule has 1 saturated heterocycles. The van der Waals surface area contributed by atoms with Crippen LogP contribution in [0.4, 0.5) is 0 Å². The number of ether oxygens (including phenoxy) is 2. The normalized spacial score (nSPS) is 18.5. The van der Waals surface area contributed by atoms with Crippen molar-refractivity contribution in [2.75, 3.05) is 27.4 Å². The third-order valence-electron chi connectivity index (χ3n) is 4.60. The molecule has 0 aliphatic carbocycles. The Balaban J connectivity index is 2.16. The Kier molecular flexibility index (Phi) is 6.02. The fraction of sp³-hybridized carbons (Fsp3) is 0.238. The number of amides is 1. The van der Waals surface area contributed by atoms with Crippen LogP contribution in [0.1, 0.15) is 17.2 Å². The average Bonchev–Trinajstić information content (AvgIpc) is 2.97. The van der Waals surface area contributed by atoms with Crippen LogP contribution in [0.3, 0.4) is 0 Å². The zero-order valence-electron chi connectivity index (χ0n) is 15.5. The lowest BCUT2D eigenvalue weighted by molar-refractivity contribution is -0.140. The minimum absolute atomic E-state index is 0.0247. The zero-order chi connectivity index (χ0) is 20.3. The van der Waals surface area contributed by atoms with E-state index in [0.29, 0.717) is 21.9 Å². The Labute approximate surface area is 167 Å². The molecule has 1 amide bonds. The van der Waals surface area contributed by atoms with Crippen molar-refractivity contribution in [1.82, 2.24) is 4.90 Å². The largest absolute Gasteiger partial charge is 0.507 e. The zero-order valence-corrected chi connectivity index (χ0v) is 16.3. The summed E-state index contributed by atoms with van der Waals surface area (Å²) < 4.78 is 10.4. The number of ketones is 1. The van der Waals surface area contributed by atoms with Gasteiger partial charge in [-0.2, -0.15) is 0 Å². The lowest BCUT2D eigenvalue weighted by atomic mass is 9.95. The maximum atomic E-state index is 12.8. The number of aliphatic hydroxyl groups is 1. The second-order valence-electron chi connectivity index (χ2n) is 6.27. The van der Waals surface area contributed by atoms with Crippen molar-refractivity contribution < 1.29 is 24.2 Å². The minimum Gasteiger partial charge on any atom is -0.507 e. The van der Waals surface area contributed by atoms with Crippen molar-refractivity contribution in [3.8, 4) is 5.75 Å². The van der Waals surface area contributed by atoms with Crippen LogP contribution in [0, 0.1) is 0 Å². The van der Waals surface area contributed by atoms with Crippen molar-refractivity contribution >= 4 is 29.1 Å². The van der Waals surface area contributed by atoms with Crippen LogP contribution in [0.15, 0.2) is 54.1 Å². The first kappa shape index (κ1) is 19.9. The number of hydrogen-bond acceptors (Lipinski definition) is 5. The Morgan fingerprint density at radius 2 is 1.86 bits per heavy atom. The molecule has 0 radical (unpaired) electrons. The molecule has 0 saturated carbocycles. The van der Waals surface area contributed by atoms with E-state index >= 15 is 0 Å². The standard InChI is InChI=1S/C21H20ClNO5/c1-27-11-10-23-18(14-4-3-5-16(12-14)28-2)17(20(25)21(23)26)19(24)13-6-8-15(22)9-7-13/h3-9,12,18,24H,10-11H2,1-2H3/t18-/m0/s1. The molecule has 0 aromatic heterocycles. The smallest absolute Gasteiger partial charge is 0.295 e. The first-order valence-corrected chi connectivity index (χ1v) is 9.03. The van der Waals surface area contributed by atoms with Gasteiger partial charge in [0.15, 0.2) is 0 Å². The topological polar surface area (TPSA) is 76.1 Å². The lowest BCUT2D eigenvalue weighted by Crippen LogP contribution is -2.32. The van der Waals surface area contributed by atoms with Gasteiger partial charge in [0.2, 0.25) is 0 Å². The highest BCUT2D eigenvalue weighted by molar-refractivity contribution is 6.46. The molecule has 0 spiro atoms. The summed E-state index contributed by atoms with van der Waals surface area (Å²) in [6.45, 7) is 0.467. The van der Waals surface area contributed by atoms with Crippen LogP contribution in [-0.4, -0.2) is 49.1 Å². The molecule has 28 heavy (non-hydrogen) atoms. The van der Waals surface area contributed by atoms with E-state index in [1.54, 1.807) is 48.5 Å². The summed E-state index contributed by atoms with van der Waals surface area (Å²) in [5.41, 5.74) is 1.09. The molecular formula is C21H20ClNO5. The Bertz CT molecular complexity index is 923. The van der Waals surface area contributed by atoms with Gasteiger partial charge < -0.3 is 19.5 Å². The van der Waals surface area contributed by atoms with Gasteiger partial charge >= 0.3 is 0 Å². The summed E-state index contributed by atoms with van der Waals surface area (Å²) >= 11 is 5.91. The molecule has 1 aliphatic heterocycles. The molecule has 1 atom stereocenters. The number of benzene rings is 2. The number of aliphatic hydroxyl groups excluding tert-OH is 1. The number of hydrogen-bond donors (Lipinski definition) is 1. The van der Waals surface area contributed by atoms with Crippen LogP contribution >= 0.6 is 11.6 Å². The summed E-state index contributed by atoms with van der Waals surface area (Å²) in [7, 11) is 3.06. The van der Waals surface area contributed by atoms with E-state index in [0.717, 1.165) is 0 Å². The molecule has 1 heterocycles. The molecule has 146 valence electrons. The van der Waals surface area contributed by atoms with E-state index in [2.05, 4.69) is 0 Å². The van der Waals surface area contributed by atoms with Gasteiger partial charge in [0.05, 0.1) is 25.3 Å². The maximum Gasteiger partial charge on any atom is 0.295 e. The molecule has 3 rings (SSSR count). The number of carbonyl (C=O) groups is 2. The number of halogens is 1. The summed E-state index contributed by atoms with van der Waals surface area (Å²) in [5.74, 6) is -1.08. The van der Waals surface area contributed by atoms with Gasteiger partial charge in [0.25, 0.3) is 11.7 Å². The van der Waals surface area contributed by atoms with E-state index in [-0.39, 0.29) is 24.5 Å². The number of rotatable bonds is 6. The van der Waals surface area contributed by atoms with Gasteiger partial charge in [-0.05, 0) is 42.0 Å². The molecule has 1 fully saturated rings. The highest BCUT2D eigenvalue weighted by Crippen LogP contribution is 2.40. The maximum absolute atomic E-state index is 12.8. The summed E-state index contributed by atoms with van der Waals surface area (Å²) in [5, 5.41) is 11.4. The molecular weight excluding hydrogens is 382 g/mol. The molecule has 2 aromatic rings. The summed E-state index contributed by atoms with van der Waals surface area (Å²) in [6, 6.07) is 12.7. The van der Waals surface area contributed by atoms with Gasteiger partial charge in [0.1, 0.15) is 11.5 Å². The predicted octanol–water partition coefficient (Wildman–Crippen LogP) is 3.42. The highest BCUT2D eigenvalue weighted by Gasteiger charge is 2.45. The SMILES string of the molecule is COCCN1C(=O)C(=O)C(=C(O)c2ccc(Cl)cc2)[C@@H]1c1cccc(OC)c1. The van der Waals surface area contributed by atoms with Crippen LogP contribution in [0.2, 0.25) is 5.02 Å². The molecule has 7 heteroatoms. The Morgan fingerprint density at radius 3 is 2.50 bits per heavy atom. The Hall–Kier alpha value is -2.83. The molecule has 0 unspecified atom stereocenters. The first-order valence-electron chi connectivity index (χ1n) is 8.65. The van der Waals surface area contributed by atoms with Crippen molar-refractivity contribution in [3.05, 3.63) is 70.3 Å². The van der Waals surface area contributed by atoms with Crippen molar-refractivity contribution in [2.45, 2.75) is 6.04 Å². The molecule has 1 aliphatic rings. The van der Waals surface area contributed by atoms with Crippen molar-refractivity contribution in [1.29, 1.82) is 0 Å². The van der Waals surface area contributed by atoms with E-state index in [1.165, 1.54) is 19.1 Å². The number of carbonyl (C=O) groups excluding carboxylic acids is 2. The molecule has 1 N–H and O–H groups in total. The van der Waals surface area contributed by atoms with Gasteiger partial charge in [0, 0.05) is 24.2 Å². The Morgan fingerprint density at radius 1 is 1.14 bits per heavy atom. The van der Waals surface area contributed by atoms with E-state index in [4.69, 9.17) is 21.1 Å². The minimum atomic E-state index is -0.749. The summed E-state index contributed by atoms with van der Waals surface area (Å²) in [6.07, 6.45) is 0. The second-order valence-corrected chi connectivity index (χ2v) is 6.71. The van der Waals surface area contributed by atoms with E-state index < -0.39 is 17.7 Å².